The van der Waals surface area contributed by atoms with E-state index in [0.29, 0.717) is 23.9 Å². The number of H-pyrrole nitrogens is 1. The highest BCUT2D eigenvalue weighted by Crippen LogP contribution is 2.03. The fourth-order valence-corrected chi connectivity index (χ4v) is 2.88. The molecule has 3 aromatic rings. The van der Waals surface area contributed by atoms with Gasteiger partial charge in [-0.1, -0.05) is 42.5 Å². The summed E-state index contributed by atoms with van der Waals surface area (Å²) >= 11 is 0. The molecular formula is C20H21N3O3. The van der Waals surface area contributed by atoms with Crippen LogP contribution in [0.15, 0.2) is 64.2 Å². The summed E-state index contributed by atoms with van der Waals surface area (Å²) in [4.78, 5) is 39.1. The zero-order valence-electron chi connectivity index (χ0n) is 14.4. The van der Waals surface area contributed by atoms with Crippen molar-refractivity contribution in [3.05, 3.63) is 81.0 Å². The summed E-state index contributed by atoms with van der Waals surface area (Å²) in [5.41, 5.74) is 0.923. The van der Waals surface area contributed by atoms with E-state index in [-0.39, 0.29) is 24.4 Å². The maximum Gasteiger partial charge on any atom is 0.328 e. The van der Waals surface area contributed by atoms with Crippen molar-refractivity contribution in [1.82, 2.24) is 14.9 Å². The lowest BCUT2D eigenvalue weighted by molar-refractivity contribution is -0.121. The van der Waals surface area contributed by atoms with Gasteiger partial charge in [0.1, 0.15) is 0 Å². The number of carbonyl (C=O) groups is 1. The van der Waals surface area contributed by atoms with Gasteiger partial charge in [-0.25, -0.2) is 4.79 Å². The fourth-order valence-electron chi connectivity index (χ4n) is 2.88. The van der Waals surface area contributed by atoms with Gasteiger partial charge in [0, 0.05) is 19.5 Å². The summed E-state index contributed by atoms with van der Waals surface area (Å²) in [6, 6.07) is 16.8. The predicted octanol–water partition coefficient (Wildman–Crippen LogP) is 1.83. The van der Waals surface area contributed by atoms with E-state index in [1.165, 1.54) is 5.56 Å². The van der Waals surface area contributed by atoms with Gasteiger partial charge in [0.25, 0.3) is 5.56 Å². The minimum atomic E-state index is -0.446. The average molecular weight is 351 g/mol. The van der Waals surface area contributed by atoms with Crippen molar-refractivity contribution in [2.45, 2.75) is 25.8 Å². The molecule has 1 heterocycles. The van der Waals surface area contributed by atoms with Gasteiger partial charge in [0.2, 0.25) is 5.91 Å². The van der Waals surface area contributed by atoms with Crippen LogP contribution in [0.25, 0.3) is 10.9 Å². The van der Waals surface area contributed by atoms with Crippen LogP contribution in [0.3, 0.4) is 0 Å². The van der Waals surface area contributed by atoms with Gasteiger partial charge in [-0.15, -0.1) is 0 Å². The van der Waals surface area contributed by atoms with Gasteiger partial charge in [-0.05, 0) is 30.5 Å². The standard InChI is InChI=1S/C20H21N3O3/c24-18(21-13-12-15-7-2-1-3-8-15)11-6-14-23-19(25)16-9-4-5-10-17(16)22-20(23)26/h1-5,7-10H,6,11-14H2,(H,21,24)(H,22,26). The number of aromatic nitrogens is 2. The van der Waals surface area contributed by atoms with E-state index in [4.69, 9.17) is 0 Å². The first-order valence-corrected chi connectivity index (χ1v) is 8.67. The average Bonchev–Trinajstić information content (AvgIpc) is 2.65. The molecule has 6 heteroatoms. The molecule has 2 N–H and O–H groups in total. The van der Waals surface area contributed by atoms with E-state index in [1.54, 1.807) is 24.3 Å². The number of hydrogen-bond donors (Lipinski definition) is 2. The largest absolute Gasteiger partial charge is 0.356 e. The van der Waals surface area contributed by atoms with Gasteiger partial charge in [0.15, 0.2) is 0 Å². The lowest BCUT2D eigenvalue weighted by Crippen LogP contribution is -2.35. The molecule has 0 aliphatic rings. The van der Waals surface area contributed by atoms with E-state index >= 15 is 0 Å². The Bertz CT molecular complexity index is 1010. The number of amides is 1. The van der Waals surface area contributed by atoms with Crippen molar-refractivity contribution in [3.8, 4) is 0 Å². The van der Waals surface area contributed by atoms with Gasteiger partial charge in [-0.2, -0.15) is 0 Å². The minimum absolute atomic E-state index is 0.0776. The summed E-state index contributed by atoms with van der Waals surface area (Å²) in [5.74, 6) is -0.0776. The van der Waals surface area contributed by atoms with Crippen molar-refractivity contribution in [2.24, 2.45) is 0 Å². The quantitative estimate of drug-likeness (QED) is 0.681. The fraction of sp³-hybridized carbons (Fsp3) is 0.250. The van der Waals surface area contributed by atoms with E-state index in [0.717, 1.165) is 11.0 Å². The molecule has 0 aliphatic heterocycles. The highest BCUT2D eigenvalue weighted by molar-refractivity contribution is 5.77. The molecule has 0 spiro atoms. The molecular weight excluding hydrogens is 330 g/mol. The number of fused-ring (bicyclic) bond motifs is 1. The highest BCUT2D eigenvalue weighted by atomic mass is 16.2. The number of benzene rings is 2. The Morgan fingerprint density at radius 2 is 1.73 bits per heavy atom. The second kappa shape index (κ2) is 8.29. The molecule has 6 nitrogen and oxygen atoms in total. The van der Waals surface area contributed by atoms with Crippen LogP contribution in [0, 0.1) is 0 Å². The van der Waals surface area contributed by atoms with Crippen molar-refractivity contribution in [2.75, 3.05) is 6.54 Å². The maximum atomic E-state index is 12.4. The third-order valence-electron chi connectivity index (χ3n) is 4.25. The molecule has 0 unspecified atom stereocenters. The summed E-state index contributed by atoms with van der Waals surface area (Å²) in [5, 5.41) is 3.34. The SMILES string of the molecule is O=C(CCCn1c(=O)[nH]c2ccccc2c1=O)NCCc1ccccc1. The number of aromatic amines is 1. The molecule has 1 aromatic heterocycles. The number of carbonyl (C=O) groups excluding carboxylic acids is 1. The van der Waals surface area contributed by atoms with Crippen LogP contribution in [0.4, 0.5) is 0 Å². The molecule has 2 aromatic carbocycles. The molecule has 0 bridgehead atoms. The number of para-hydroxylation sites is 1. The molecule has 0 saturated heterocycles. The lowest BCUT2D eigenvalue weighted by Gasteiger charge is -2.07. The molecule has 0 aliphatic carbocycles. The first-order chi connectivity index (χ1) is 12.6. The third-order valence-corrected chi connectivity index (χ3v) is 4.25. The molecule has 26 heavy (non-hydrogen) atoms. The summed E-state index contributed by atoms with van der Waals surface area (Å²) in [7, 11) is 0. The molecule has 0 fully saturated rings. The highest BCUT2D eigenvalue weighted by Gasteiger charge is 2.08. The van der Waals surface area contributed by atoms with E-state index < -0.39 is 5.69 Å². The molecule has 3 rings (SSSR count). The Morgan fingerprint density at radius 1 is 1.00 bits per heavy atom. The van der Waals surface area contributed by atoms with E-state index in [2.05, 4.69) is 10.3 Å². The third kappa shape index (κ3) is 4.27. The Kier molecular flexibility index (Phi) is 5.63. The Labute approximate surface area is 150 Å². The van der Waals surface area contributed by atoms with Crippen LogP contribution in [-0.2, 0) is 17.8 Å². The topological polar surface area (TPSA) is 84.0 Å². The van der Waals surface area contributed by atoms with Crippen LogP contribution >= 0.6 is 0 Å². The lowest BCUT2D eigenvalue weighted by atomic mass is 10.1. The second-order valence-corrected chi connectivity index (χ2v) is 6.12. The van der Waals surface area contributed by atoms with Crippen LogP contribution < -0.4 is 16.6 Å². The van der Waals surface area contributed by atoms with Gasteiger partial charge in [-0.3, -0.25) is 14.2 Å². The zero-order valence-corrected chi connectivity index (χ0v) is 14.4. The van der Waals surface area contributed by atoms with Crippen LogP contribution in [0.2, 0.25) is 0 Å². The Balaban J connectivity index is 1.52. The van der Waals surface area contributed by atoms with Crippen molar-refractivity contribution in [3.63, 3.8) is 0 Å². The van der Waals surface area contributed by atoms with Crippen molar-refractivity contribution >= 4 is 16.8 Å². The number of nitrogens with zero attached hydrogens (tertiary/aromatic N) is 1. The van der Waals surface area contributed by atoms with Crippen molar-refractivity contribution < 1.29 is 4.79 Å². The van der Waals surface area contributed by atoms with Crippen LogP contribution in [0.1, 0.15) is 18.4 Å². The Hall–Kier alpha value is -3.15. The normalized spacial score (nSPS) is 10.8. The van der Waals surface area contributed by atoms with Gasteiger partial charge >= 0.3 is 5.69 Å². The second-order valence-electron chi connectivity index (χ2n) is 6.12. The molecule has 0 radical (unpaired) electrons. The zero-order chi connectivity index (χ0) is 18.4. The number of hydrogen-bond acceptors (Lipinski definition) is 3. The minimum Gasteiger partial charge on any atom is -0.356 e. The van der Waals surface area contributed by atoms with Crippen molar-refractivity contribution in [1.29, 1.82) is 0 Å². The first kappa shape index (κ1) is 17.7. The number of rotatable bonds is 7. The summed E-state index contributed by atoms with van der Waals surface area (Å²) < 4.78 is 1.15. The predicted molar refractivity (Wildman–Crippen MR) is 101 cm³/mol. The smallest absolute Gasteiger partial charge is 0.328 e. The number of nitrogens with one attached hydrogen (secondary N) is 2. The summed E-state index contributed by atoms with van der Waals surface area (Å²) in [6.45, 7) is 0.782. The molecule has 0 atom stereocenters. The Morgan fingerprint density at radius 3 is 2.54 bits per heavy atom. The van der Waals surface area contributed by atoms with Gasteiger partial charge < -0.3 is 10.3 Å². The molecule has 134 valence electrons. The van der Waals surface area contributed by atoms with Crippen LogP contribution in [0.5, 0.6) is 0 Å². The van der Waals surface area contributed by atoms with E-state index in [9.17, 15) is 14.4 Å². The van der Waals surface area contributed by atoms with Crippen LogP contribution in [-0.4, -0.2) is 22.0 Å². The molecule has 1 amide bonds. The summed E-state index contributed by atoms with van der Waals surface area (Å²) in [6.07, 6.45) is 1.47. The van der Waals surface area contributed by atoms with E-state index in [1.807, 2.05) is 30.3 Å². The monoisotopic (exact) mass is 351 g/mol. The van der Waals surface area contributed by atoms with Gasteiger partial charge in [0.05, 0.1) is 10.9 Å². The maximum absolute atomic E-state index is 12.4. The first-order valence-electron chi connectivity index (χ1n) is 8.67. The molecule has 0 saturated carbocycles.